The van der Waals surface area contributed by atoms with Crippen LogP contribution in [0, 0.1) is 0 Å². The molecule has 0 saturated carbocycles. The summed E-state index contributed by atoms with van der Waals surface area (Å²) in [4.78, 5) is 0. The molecule has 0 fully saturated rings. The molecule has 0 radical (unpaired) electrons. The topological polar surface area (TPSA) is 0 Å². The van der Waals surface area contributed by atoms with Gasteiger partial charge in [-0.25, -0.2) is 0 Å². The molecule has 0 nitrogen and oxygen atoms in total. The fourth-order valence-corrected chi connectivity index (χ4v) is 3.00. The van der Waals surface area contributed by atoms with Crippen LogP contribution in [0.4, 0.5) is 0 Å². The first-order chi connectivity index (χ1) is 2.77. The van der Waals surface area contributed by atoms with E-state index in [9.17, 15) is 0 Å². The van der Waals surface area contributed by atoms with Crippen LogP contribution < -0.4 is 0 Å². The van der Waals surface area contributed by atoms with Crippen LogP contribution in [0.1, 0.15) is 20.8 Å². The van der Waals surface area contributed by atoms with E-state index in [0.29, 0.717) is 0 Å². The van der Waals surface area contributed by atoms with Crippen molar-refractivity contribution >= 4 is 0 Å². The maximum absolute atomic E-state index is 2.34. The first-order valence-corrected chi connectivity index (χ1v) is 6.58. The Morgan fingerprint density at radius 2 is 2.00 bits per heavy atom. The Balaban J connectivity index is 2.63. The quantitative estimate of drug-likeness (QED) is 0.513. The molecule has 6 heavy (non-hydrogen) atoms. The molecule has 0 N–H and O–H groups in total. The van der Waals surface area contributed by atoms with Crippen molar-refractivity contribution in [1.82, 2.24) is 0 Å². The molecule has 0 aliphatic carbocycles. The Kier molecular flexibility index (Phi) is 4.20. The summed E-state index contributed by atoms with van der Waals surface area (Å²) in [5, 5.41) is 1.52. The molecule has 34 valence electrons. The molecular formula is C5H12Zn. The van der Waals surface area contributed by atoms with Gasteiger partial charge in [0.15, 0.2) is 0 Å². The van der Waals surface area contributed by atoms with Crippen LogP contribution in [0.5, 0.6) is 0 Å². The SMILES string of the molecule is C[CH2][Zn][CH](C)C. The van der Waals surface area contributed by atoms with Gasteiger partial charge < -0.3 is 0 Å². The molecule has 0 aromatic rings. The Labute approximate surface area is 47.9 Å². The number of hydrogen-bond acceptors (Lipinski definition) is 0. The van der Waals surface area contributed by atoms with Crippen molar-refractivity contribution in [3.63, 3.8) is 0 Å². The molecule has 1 heteroatoms. The summed E-state index contributed by atoms with van der Waals surface area (Å²) in [5.74, 6) is 0. The van der Waals surface area contributed by atoms with Gasteiger partial charge in [0.25, 0.3) is 0 Å². The predicted molar refractivity (Wildman–Crippen MR) is 25.6 cm³/mol. The summed E-state index contributed by atoms with van der Waals surface area (Å²) < 4.78 is 1.09. The second-order valence-corrected chi connectivity index (χ2v) is 8.92. The minimum absolute atomic E-state index is 0. The summed E-state index contributed by atoms with van der Waals surface area (Å²) in [5.41, 5.74) is 0. The van der Waals surface area contributed by atoms with Gasteiger partial charge in [-0.1, -0.05) is 0 Å². The van der Waals surface area contributed by atoms with E-state index < -0.39 is 0 Å². The van der Waals surface area contributed by atoms with Crippen LogP contribution in [-0.4, -0.2) is 0 Å². The van der Waals surface area contributed by atoms with Gasteiger partial charge in [-0.2, -0.15) is 0 Å². The molecule has 0 aliphatic heterocycles. The second-order valence-electron chi connectivity index (χ2n) is 2.18. The van der Waals surface area contributed by atoms with Crippen molar-refractivity contribution in [2.24, 2.45) is 0 Å². The summed E-state index contributed by atoms with van der Waals surface area (Å²) >= 11 is 0. The van der Waals surface area contributed by atoms with Gasteiger partial charge in [0.05, 0.1) is 0 Å². The molecule has 0 amide bonds. The van der Waals surface area contributed by atoms with E-state index in [1.54, 1.807) is 0 Å². The number of hydrogen-bond donors (Lipinski definition) is 0. The third kappa shape index (κ3) is 4.62. The van der Waals surface area contributed by atoms with Crippen LogP contribution in [0.15, 0.2) is 0 Å². The zero-order chi connectivity index (χ0) is 4.99. The van der Waals surface area contributed by atoms with E-state index in [1.165, 1.54) is 5.02 Å². The molecule has 0 heterocycles. The van der Waals surface area contributed by atoms with E-state index in [-0.39, 0.29) is 17.1 Å². The molecule has 0 atom stereocenters. The Hall–Kier alpha value is 0.623. The zero-order valence-electron chi connectivity index (χ0n) is 4.99. The molecule has 0 aliphatic rings. The normalized spacial score (nSPS) is 8.67. The zero-order valence-corrected chi connectivity index (χ0v) is 7.96. The third-order valence-corrected chi connectivity index (χ3v) is 4.50. The van der Waals surface area contributed by atoms with Gasteiger partial charge in [0.1, 0.15) is 0 Å². The standard InChI is InChI=1S/C3H7.C2H5.Zn/c1-3-2;1-2;/h3H,1-2H3;1H2,2H3;. The monoisotopic (exact) mass is 136 g/mol. The molecular weight excluding hydrogens is 125 g/mol. The maximum atomic E-state index is 2.34. The van der Waals surface area contributed by atoms with Crippen LogP contribution >= 0.6 is 0 Å². The fraction of sp³-hybridized carbons (Fsp3) is 1.00. The van der Waals surface area contributed by atoms with Gasteiger partial charge in [0, 0.05) is 0 Å². The van der Waals surface area contributed by atoms with E-state index in [2.05, 4.69) is 20.8 Å². The average Bonchev–Trinajstić information content (AvgIpc) is 1.35. The molecule has 0 spiro atoms. The van der Waals surface area contributed by atoms with Crippen molar-refractivity contribution in [3.05, 3.63) is 0 Å². The summed E-state index contributed by atoms with van der Waals surface area (Å²) in [6.07, 6.45) is 0. The first kappa shape index (κ1) is 6.62. The Bertz CT molecular complexity index is 25.1. The minimum atomic E-state index is 0. The van der Waals surface area contributed by atoms with Gasteiger partial charge in [-0.3, -0.25) is 0 Å². The second kappa shape index (κ2) is 3.80. The van der Waals surface area contributed by atoms with Crippen molar-refractivity contribution in [3.8, 4) is 0 Å². The van der Waals surface area contributed by atoms with Gasteiger partial charge >= 0.3 is 47.4 Å². The van der Waals surface area contributed by atoms with Crippen molar-refractivity contribution in [1.29, 1.82) is 0 Å². The van der Waals surface area contributed by atoms with Crippen LogP contribution in [-0.2, 0) is 17.1 Å². The molecule has 0 rings (SSSR count). The van der Waals surface area contributed by atoms with Crippen LogP contribution in [0.2, 0.25) is 9.53 Å². The third-order valence-electron chi connectivity index (χ3n) is 0.866. The van der Waals surface area contributed by atoms with Crippen LogP contribution in [0.25, 0.3) is 0 Å². The summed E-state index contributed by atoms with van der Waals surface area (Å²) in [6.45, 7) is 6.98. The summed E-state index contributed by atoms with van der Waals surface area (Å²) in [6, 6.07) is 0. The van der Waals surface area contributed by atoms with E-state index >= 15 is 0 Å². The van der Waals surface area contributed by atoms with Crippen LogP contribution in [0.3, 0.4) is 0 Å². The van der Waals surface area contributed by atoms with Crippen molar-refractivity contribution < 1.29 is 17.1 Å². The van der Waals surface area contributed by atoms with E-state index in [1.807, 2.05) is 0 Å². The van der Waals surface area contributed by atoms with Gasteiger partial charge in [-0.05, 0) is 0 Å². The van der Waals surface area contributed by atoms with E-state index in [0.717, 1.165) is 4.51 Å². The molecule has 0 saturated heterocycles. The number of rotatable bonds is 2. The predicted octanol–water partition coefficient (Wildman–Crippen LogP) is 2.34. The Morgan fingerprint density at radius 3 is 2.00 bits per heavy atom. The van der Waals surface area contributed by atoms with E-state index in [4.69, 9.17) is 0 Å². The molecule has 0 aromatic carbocycles. The van der Waals surface area contributed by atoms with Crippen molar-refractivity contribution in [2.75, 3.05) is 0 Å². The average molecular weight is 138 g/mol. The fourth-order valence-electron chi connectivity index (χ4n) is 0.577. The van der Waals surface area contributed by atoms with Gasteiger partial charge in [0.2, 0.25) is 0 Å². The summed E-state index contributed by atoms with van der Waals surface area (Å²) in [7, 11) is 0. The molecule has 0 bridgehead atoms. The Morgan fingerprint density at radius 1 is 1.50 bits per heavy atom. The van der Waals surface area contributed by atoms with Gasteiger partial charge in [-0.15, -0.1) is 0 Å². The molecule has 0 aromatic heterocycles. The first-order valence-electron chi connectivity index (χ1n) is 2.77. The molecule has 0 unspecified atom stereocenters. The van der Waals surface area contributed by atoms with Crippen molar-refractivity contribution in [2.45, 2.75) is 30.3 Å².